The van der Waals surface area contributed by atoms with Crippen LogP contribution >= 0.6 is 0 Å². The normalized spacial score (nSPS) is 21.8. The van der Waals surface area contributed by atoms with Gasteiger partial charge in [0.15, 0.2) is 0 Å². The van der Waals surface area contributed by atoms with Gasteiger partial charge in [-0.1, -0.05) is 49.4 Å². The molecule has 268 valence electrons. The maximum atomic E-state index is 13.3. The summed E-state index contributed by atoms with van der Waals surface area (Å²) in [6, 6.07) is 20.8. The molecule has 2 aromatic carbocycles. The van der Waals surface area contributed by atoms with E-state index in [1.165, 1.54) is 32.1 Å². The fourth-order valence-corrected chi connectivity index (χ4v) is 8.10. The zero-order chi connectivity index (χ0) is 36.2. The summed E-state index contributed by atoms with van der Waals surface area (Å²) in [5.41, 5.74) is 4.26. The Kier molecular flexibility index (Phi) is 10.8. The number of carbonyl (C=O) groups is 3. The van der Waals surface area contributed by atoms with Crippen molar-refractivity contribution in [2.75, 3.05) is 34.4 Å². The van der Waals surface area contributed by atoms with Crippen molar-refractivity contribution in [2.45, 2.75) is 52.5 Å². The smallest absolute Gasteiger partial charge is 0.333 e. The van der Waals surface area contributed by atoms with Crippen LogP contribution in [0, 0.1) is 17.8 Å². The first-order valence-corrected chi connectivity index (χ1v) is 17.6. The first kappa shape index (κ1) is 35.7. The highest BCUT2D eigenvalue weighted by Gasteiger charge is 2.50. The molecule has 0 spiro atoms. The summed E-state index contributed by atoms with van der Waals surface area (Å²) >= 11 is 0. The van der Waals surface area contributed by atoms with E-state index in [1.54, 1.807) is 13.8 Å². The van der Waals surface area contributed by atoms with Gasteiger partial charge < -0.3 is 28.2 Å². The van der Waals surface area contributed by atoms with E-state index in [-0.39, 0.29) is 30.0 Å². The van der Waals surface area contributed by atoms with Gasteiger partial charge in [-0.15, -0.1) is 0 Å². The zero-order valence-electron chi connectivity index (χ0n) is 30.3. The molecule has 0 amide bonds. The fourth-order valence-electron chi connectivity index (χ4n) is 8.10. The van der Waals surface area contributed by atoms with Gasteiger partial charge >= 0.3 is 17.9 Å². The first-order chi connectivity index (χ1) is 24.6. The van der Waals surface area contributed by atoms with Crippen LogP contribution in [0.3, 0.4) is 0 Å². The Hall–Kier alpha value is -5.09. The molecular formula is C41H48N4O6. The second kappa shape index (κ2) is 15.4. The van der Waals surface area contributed by atoms with E-state index in [9.17, 15) is 14.4 Å². The van der Waals surface area contributed by atoms with Gasteiger partial charge in [0.2, 0.25) is 0 Å². The lowest BCUT2D eigenvalue weighted by atomic mass is 9.69. The minimum absolute atomic E-state index is 0.125. The highest BCUT2D eigenvalue weighted by atomic mass is 16.5. The molecule has 1 saturated heterocycles. The maximum Gasteiger partial charge on any atom is 0.333 e. The summed E-state index contributed by atoms with van der Waals surface area (Å²) in [6.45, 7) is 8.18. The molecule has 1 unspecified atom stereocenters. The molecule has 10 heteroatoms. The molecule has 10 nitrogen and oxygen atoms in total. The van der Waals surface area contributed by atoms with Crippen LogP contribution in [-0.4, -0.2) is 83.5 Å². The number of benzene rings is 2. The lowest BCUT2D eigenvalue weighted by molar-refractivity contribution is -0.151. The minimum Gasteiger partial charge on any atom is -0.469 e. The second-order valence-electron chi connectivity index (χ2n) is 13.6. The number of fused-ring (bicyclic) bond motifs is 4. The molecule has 2 aromatic heterocycles. The van der Waals surface area contributed by atoms with Crippen LogP contribution in [0.25, 0.3) is 21.8 Å². The molecule has 2 aliphatic heterocycles. The molecule has 4 aromatic rings. The Balaban J connectivity index is 1.48. The van der Waals surface area contributed by atoms with E-state index in [1.807, 2.05) is 37.3 Å². The van der Waals surface area contributed by atoms with Crippen LogP contribution in [0.5, 0.6) is 0 Å². The number of carbonyl (C=O) groups excluding carboxylic acids is 3. The summed E-state index contributed by atoms with van der Waals surface area (Å²) < 4.78 is 20.1. The lowest BCUT2D eigenvalue weighted by Gasteiger charge is -2.57. The van der Waals surface area contributed by atoms with E-state index in [0.717, 1.165) is 16.6 Å². The summed E-state index contributed by atoms with van der Waals surface area (Å²) in [5, 5.41) is 2.35. The van der Waals surface area contributed by atoms with Crippen LogP contribution in [0.2, 0.25) is 0 Å². The lowest BCUT2D eigenvalue weighted by Crippen LogP contribution is -2.64. The van der Waals surface area contributed by atoms with Crippen LogP contribution in [-0.2, 0) is 41.7 Å². The largest absolute Gasteiger partial charge is 0.469 e. The molecule has 2 aliphatic rings. The summed E-state index contributed by atoms with van der Waals surface area (Å²) in [6.07, 6.45) is 10.7. The van der Waals surface area contributed by atoms with Crippen LogP contribution in [0.4, 0.5) is 0 Å². The molecular weight excluding hydrogens is 644 g/mol. The monoisotopic (exact) mass is 692 g/mol. The Morgan fingerprint density at radius 3 is 1.92 bits per heavy atom. The average molecular weight is 693 g/mol. The van der Waals surface area contributed by atoms with E-state index >= 15 is 0 Å². The standard InChI is InChI=1S/C41H48N4O6/c1-27(39(46)49-4)23-32-26-44(20-19-42-17-15-30-11-7-9-13-35(30)42)38-34(24-28(2)40(47)50-5)33(29(3)41(48)51-6)25-37(32)45(38)22-21-43-18-16-31-12-8-10-14-36(31)43/h7-18,23-24,26,29,33-34,37-38H,19-22,25H2,1-6H3/b27-23+,28-24+/t29?,33-,34-,37+,38-/m1/s1. The van der Waals surface area contributed by atoms with Gasteiger partial charge in [0.1, 0.15) is 0 Å². The van der Waals surface area contributed by atoms with Crippen molar-refractivity contribution < 1.29 is 28.6 Å². The van der Waals surface area contributed by atoms with E-state index < -0.39 is 17.9 Å². The number of methoxy groups -OCH3 is 3. The molecule has 5 atom stereocenters. The van der Waals surface area contributed by atoms with Crippen molar-refractivity contribution in [1.82, 2.24) is 18.9 Å². The van der Waals surface area contributed by atoms with Gasteiger partial charge in [-0.2, -0.15) is 0 Å². The van der Waals surface area contributed by atoms with Crippen molar-refractivity contribution in [3.05, 3.63) is 108 Å². The van der Waals surface area contributed by atoms with E-state index in [4.69, 9.17) is 14.2 Å². The zero-order valence-corrected chi connectivity index (χ0v) is 30.3. The topological polar surface area (TPSA) is 95.2 Å². The van der Waals surface area contributed by atoms with E-state index in [2.05, 4.69) is 80.0 Å². The maximum absolute atomic E-state index is 13.3. The number of hydrogen-bond acceptors (Lipinski definition) is 8. The van der Waals surface area contributed by atoms with Crippen molar-refractivity contribution in [1.29, 1.82) is 0 Å². The van der Waals surface area contributed by atoms with Crippen LogP contribution in [0.1, 0.15) is 27.2 Å². The Morgan fingerprint density at radius 1 is 0.765 bits per heavy atom. The third-order valence-electron chi connectivity index (χ3n) is 10.7. The Labute approximate surface area is 299 Å². The third-order valence-corrected chi connectivity index (χ3v) is 10.7. The average Bonchev–Trinajstić information content (AvgIpc) is 3.77. The molecule has 6 rings (SSSR count). The van der Waals surface area contributed by atoms with Crippen LogP contribution in [0.15, 0.2) is 108 Å². The van der Waals surface area contributed by atoms with Crippen molar-refractivity contribution in [2.24, 2.45) is 17.8 Å². The molecule has 0 aliphatic carbocycles. The Bertz CT molecular complexity index is 2000. The number of esters is 3. The first-order valence-electron chi connectivity index (χ1n) is 17.6. The number of para-hydroxylation sites is 2. The van der Waals surface area contributed by atoms with Gasteiger partial charge in [0.05, 0.1) is 33.4 Å². The van der Waals surface area contributed by atoms with E-state index in [0.29, 0.717) is 43.7 Å². The summed E-state index contributed by atoms with van der Waals surface area (Å²) in [5.74, 6) is -1.96. The highest BCUT2D eigenvalue weighted by molar-refractivity contribution is 5.88. The predicted octanol–water partition coefficient (Wildman–Crippen LogP) is 6.18. The number of hydrogen-bond donors (Lipinski definition) is 0. The van der Waals surface area contributed by atoms with Crippen molar-refractivity contribution in [3.8, 4) is 0 Å². The highest BCUT2D eigenvalue weighted by Crippen LogP contribution is 2.46. The van der Waals surface area contributed by atoms with Gasteiger partial charge in [-0.05, 0) is 72.9 Å². The predicted molar refractivity (Wildman–Crippen MR) is 197 cm³/mol. The number of ether oxygens (including phenoxy) is 3. The third kappa shape index (κ3) is 7.23. The van der Waals surface area contributed by atoms with Crippen LogP contribution < -0.4 is 0 Å². The minimum atomic E-state index is -0.456. The molecule has 1 fully saturated rings. The number of rotatable bonds is 12. The van der Waals surface area contributed by atoms with Gasteiger partial charge in [-0.25, -0.2) is 9.59 Å². The van der Waals surface area contributed by atoms with Crippen molar-refractivity contribution >= 4 is 39.7 Å². The second-order valence-corrected chi connectivity index (χ2v) is 13.6. The molecule has 4 heterocycles. The molecule has 2 bridgehead atoms. The van der Waals surface area contributed by atoms with Gasteiger partial charge in [0.25, 0.3) is 0 Å². The fraction of sp³-hybridized carbons (Fsp3) is 0.390. The molecule has 0 saturated carbocycles. The number of nitrogens with zero attached hydrogens (tertiary/aromatic N) is 4. The van der Waals surface area contributed by atoms with Gasteiger partial charge in [-0.3, -0.25) is 9.69 Å². The SMILES string of the molecule is COC(=O)/C(C)=C/C1=CN(CCn2ccc3ccccc32)[C@H]2[C@H](/C=C(\C)C(=O)OC)[C@@H](C(C)C(=O)OC)C[C@@H]1N2CCn1ccc2ccccc21. The number of aromatic nitrogens is 2. The summed E-state index contributed by atoms with van der Waals surface area (Å²) in [4.78, 5) is 43.7. The van der Waals surface area contributed by atoms with Gasteiger partial charge in [0, 0.05) is 78.9 Å². The molecule has 51 heavy (non-hydrogen) atoms. The number of piperidine rings is 1. The molecule has 0 radical (unpaired) electrons. The quantitative estimate of drug-likeness (QED) is 0.0988. The molecule has 0 N–H and O–H groups in total. The summed E-state index contributed by atoms with van der Waals surface area (Å²) in [7, 11) is 4.20. The Morgan fingerprint density at radius 2 is 1.33 bits per heavy atom. The van der Waals surface area contributed by atoms with Crippen molar-refractivity contribution in [3.63, 3.8) is 0 Å².